The number of alkyl halides is 3. The van der Waals surface area contributed by atoms with Gasteiger partial charge in [-0.15, -0.1) is 13.2 Å². The van der Waals surface area contributed by atoms with Gasteiger partial charge in [0, 0.05) is 55.7 Å². The minimum absolute atomic E-state index is 0.0335. The molecule has 1 amide bonds. The van der Waals surface area contributed by atoms with Crippen LogP contribution in [0, 0.1) is 5.82 Å². The lowest BCUT2D eigenvalue weighted by Gasteiger charge is -2.32. The van der Waals surface area contributed by atoms with E-state index in [4.69, 9.17) is 5.73 Å². The molecule has 2 N–H and O–H groups in total. The van der Waals surface area contributed by atoms with E-state index in [1.54, 1.807) is 46.3 Å². The van der Waals surface area contributed by atoms with Crippen LogP contribution in [0.4, 0.5) is 17.6 Å². The molecule has 0 radical (unpaired) electrons. The van der Waals surface area contributed by atoms with Gasteiger partial charge < -0.3 is 15.2 Å². The number of nitrogens with zero attached hydrogens (tertiary/aromatic N) is 3. The second-order valence-electron chi connectivity index (χ2n) is 9.59. The van der Waals surface area contributed by atoms with Crippen LogP contribution in [0.5, 0.6) is 0 Å². The molecule has 204 valence electrons. The normalized spacial score (nSPS) is 14.7. The second kappa shape index (κ2) is 11.2. The minimum Gasteiger partial charge on any atom is -0.344 e. The first kappa shape index (κ1) is 26.8. The van der Waals surface area contributed by atoms with Gasteiger partial charge in [0.2, 0.25) is 0 Å². The summed E-state index contributed by atoms with van der Waals surface area (Å²) < 4.78 is 58.1. The van der Waals surface area contributed by atoms with Gasteiger partial charge in [-0.1, -0.05) is 24.3 Å². The molecule has 4 aromatic rings. The molecule has 1 aliphatic heterocycles. The number of amides is 1. The summed E-state index contributed by atoms with van der Waals surface area (Å²) in [5.74, 6) is -0.525. The Balaban J connectivity index is 1.44. The fourth-order valence-electron chi connectivity index (χ4n) is 5.33. The fraction of sp³-hybridized carbons (Fsp3) is 0.310. The largest absolute Gasteiger partial charge is 0.522 e. The zero-order chi connectivity index (χ0) is 27.6. The number of carbonyl (C=O) groups is 1. The third-order valence-electron chi connectivity index (χ3n) is 7.24. The van der Waals surface area contributed by atoms with Crippen LogP contribution in [-0.4, -0.2) is 46.4 Å². The van der Waals surface area contributed by atoms with Crippen molar-refractivity contribution >= 4 is 16.8 Å². The first-order chi connectivity index (χ1) is 18.7. The molecule has 0 unspecified atom stereocenters. The predicted octanol–water partition coefficient (Wildman–Crippen LogP) is 5.86. The van der Waals surface area contributed by atoms with Crippen LogP contribution in [-0.2, 0) is 17.8 Å². The molecule has 3 heterocycles. The van der Waals surface area contributed by atoms with Crippen molar-refractivity contribution in [2.75, 3.05) is 19.7 Å². The Morgan fingerprint density at radius 2 is 1.82 bits per heavy atom. The highest BCUT2D eigenvalue weighted by molar-refractivity contribution is 6.12. The topological polar surface area (TPSA) is 73.4 Å². The van der Waals surface area contributed by atoms with Crippen molar-refractivity contribution in [2.24, 2.45) is 5.73 Å². The Hall–Kier alpha value is -3.76. The average molecular weight is 541 g/mol. The number of rotatable bonds is 7. The molecular weight excluding hydrogens is 512 g/mol. The predicted molar refractivity (Wildman–Crippen MR) is 139 cm³/mol. The van der Waals surface area contributed by atoms with Crippen LogP contribution in [0.1, 0.15) is 40.2 Å². The molecule has 10 heteroatoms. The number of fused-ring (bicyclic) bond motifs is 1. The first-order valence-corrected chi connectivity index (χ1v) is 12.8. The molecule has 1 saturated heterocycles. The van der Waals surface area contributed by atoms with Gasteiger partial charge in [0.05, 0.1) is 12.2 Å². The number of aromatic nitrogens is 2. The van der Waals surface area contributed by atoms with Crippen LogP contribution in [0.25, 0.3) is 22.0 Å². The summed E-state index contributed by atoms with van der Waals surface area (Å²) in [7, 11) is 0. The Kier molecular flexibility index (Phi) is 7.67. The molecule has 0 spiro atoms. The summed E-state index contributed by atoms with van der Waals surface area (Å²) >= 11 is 0. The van der Waals surface area contributed by atoms with Crippen molar-refractivity contribution in [1.29, 1.82) is 0 Å². The summed E-state index contributed by atoms with van der Waals surface area (Å²) in [5.41, 5.74) is 9.86. The highest BCUT2D eigenvalue weighted by Gasteiger charge is 2.30. The fourth-order valence-corrected chi connectivity index (χ4v) is 5.33. The number of ether oxygens (including phenoxy) is 1. The van der Waals surface area contributed by atoms with E-state index in [2.05, 4.69) is 9.72 Å². The molecule has 5 rings (SSSR count). The van der Waals surface area contributed by atoms with E-state index in [9.17, 15) is 22.4 Å². The number of piperidine rings is 1. The van der Waals surface area contributed by atoms with E-state index in [1.165, 1.54) is 6.07 Å². The number of benzene rings is 2. The average Bonchev–Trinajstić information content (AvgIpc) is 3.31. The van der Waals surface area contributed by atoms with Gasteiger partial charge in [0.25, 0.3) is 5.91 Å². The van der Waals surface area contributed by atoms with Crippen molar-refractivity contribution in [3.8, 4) is 11.1 Å². The quantitative estimate of drug-likeness (QED) is 0.298. The van der Waals surface area contributed by atoms with Gasteiger partial charge in [-0.25, -0.2) is 4.39 Å². The van der Waals surface area contributed by atoms with Gasteiger partial charge >= 0.3 is 6.36 Å². The van der Waals surface area contributed by atoms with Crippen LogP contribution >= 0.6 is 0 Å². The molecule has 0 saturated carbocycles. The monoisotopic (exact) mass is 540 g/mol. The summed E-state index contributed by atoms with van der Waals surface area (Å²) in [5, 5.41) is 0.657. The molecule has 6 nitrogen and oxygen atoms in total. The number of hydrogen-bond acceptors (Lipinski definition) is 4. The third-order valence-corrected chi connectivity index (χ3v) is 7.24. The molecule has 39 heavy (non-hydrogen) atoms. The Morgan fingerprint density at radius 1 is 1.08 bits per heavy atom. The first-order valence-electron chi connectivity index (χ1n) is 12.8. The van der Waals surface area contributed by atoms with Crippen LogP contribution in [0.3, 0.4) is 0 Å². The lowest BCUT2D eigenvalue weighted by Crippen LogP contribution is -2.38. The number of hydrogen-bond donors (Lipinski definition) is 1. The Labute approximate surface area is 223 Å². The van der Waals surface area contributed by atoms with Crippen molar-refractivity contribution in [1.82, 2.24) is 14.5 Å². The standard InChI is InChI=1S/C29H28F4N4O2/c30-25-5-4-19(17-34)16-23(25)21-8-12-36(13-9-21)28(38)24-18-37(14-15-39-29(31,32)33)26-3-1-2-22(27(24)26)20-6-10-35-11-7-20/h1-7,10-11,16,18,21H,8-9,12-15,17,34H2. The van der Waals surface area contributed by atoms with E-state index in [0.717, 1.165) is 16.7 Å². The lowest BCUT2D eigenvalue weighted by molar-refractivity contribution is -0.325. The molecule has 0 aliphatic carbocycles. The van der Waals surface area contributed by atoms with Crippen molar-refractivity contribution in [3.63, 3.8) is 0 Å². The summed E-state index contributed by atoms with van der Waals surface area (Å²) in [6.45, 7) is 0.512. The summed E-state index contributed by atoms with van der Waals surface area (Å²) in [6, 6.07) is 14.0. The Morgan fingerprint density at radius 3 is 2.51 bits per heavy atom. The van der Waals surface area contributed by atoms with Crippen molar-refractivity contribution < 1.29 is 27.1 Å². The van der Waals surface area contributed by atoms with Gasteiger partial charge in [-0.2, -0.15) is 0 Å². The lowest BCUT2D eigenvalue weighted by atomic mass is 9.88. The van der Waals surface area contributed by atoms with E-state index in [0.29, 0.717) is 54.5 Å². The van der Waals surface area contributed by atoms with Crippen LogP contribution in [0.15, 0.2) is 67.1 Å². The molecule has 1 aliphatic rings. The highest BCUT2D eigenvalue weighted by atomic mass is 19.4. The number of carbonyl (C=O) groups excluding carboxylic acids is 1. The summed E-state index contributed by atoms with van der Waals surface area (Å²) in [4.78, 5) is 19.6. The van der Waals surface area contributed by atoms with E-state index in [-0.39, 0.29) is 24.2 Å². The Bertz CT molecular complexity index is 1460. The SMILES string of the molecule is NCc1ccc(F)c(C2CCN(C(=O)c3cn(CCOC(F)(F)F)c4cccc(-c5ccncc5)c34)CC2)c1. The van der Waals surface area contributed by atoms with E-state index >= 15 is 0 Å². The number of nitrogens with two attached hydrogens (primary N) is 1. The van der Waals surface area contributed by atoms with Crippen molar-refractivity contribution in [2.45, 2.75) is 38.2 Å². The molecule has 0 bridgehead atoms. The number of halogens is 4. The van der Waals surface area contributed by atoms with E-state index < -0.39 is 13.0 Å². The van der Waals surface area contributed by atoms with Gasteiger partial charge in [-0.05, 0) is 65.3 Å². The van der Waals surface area contributed by atoms with Gasteiger partial charge in [0.15, 0.2) is 0 Å². The van der Waals surface area contributed by atoms with Gasteiger partial charge in [-0.3, -0.25) is 14.5 Å². The highest BCUT2D eigenvalue weighted by Crippen LogP contribution is 2.35. The molecular formula is C29H28F4N4O2. The molecule has 2 aromatic carbocycles. The molecule has 2 aromatic heterocycles. The molecule has 0 atom stereocenters. The second-order valence-corrected chi connectivity index (χ2v) is 9.59. The minimum atomic E-state index is -4.74. The van der Waals surface area contributed by atoms with Crippen LogP contribution in [0.2, 0.25) is 0 Å². The van der Waals surface area contributed by atoms with E-state index in [1.807, 2.05) is 24.3 Å². The smallest absolute Gasteiger partial charge is 0.344 e. The maximum absolute atomic E-state index is 14.6. The maximum Gasteiger partial charge on any atom is 0.522 e. The third kappa shape index (κ3) is 5.81. The summed E-state index contributed by atoms with van der Waals surface area (Å²) in [6.07, 6.45) is 1.34. The van der Waals surface area contributed by atoms with Crippen LogP contribution < -0.4 is 5.73 Å². The van der Waals surface area contributed by atoms with Crippen molar-refractivity contribution in [3.05, 3.63) is 89.6 Å². The van der Waals surface area contributed by atoms with Gasteiger partial charge in [0.1, 0.15) is 5.82 Å². The number of likely N-dealkylation sites (tertiary alicyclic amines) is 1. The maximum atomic E-state index is 14.6. The number of pyridine rings is 1. The zero-order valence-electron chi connectivity index (χ0n) is 21.1. The zero-order valence-corrected chi connectivity index (χ0v) is 21.1. The molecule has 1 fully saturated rings.